The van der Waals surface area contributed by atoms with Gasteiger partial charge in [-0.15, -0.1) is 23.2 Å². The zero-order valence-electron chi connectivity index (χ0n) is 43.5. The molecule has 0 heterocycles. The van der Waals surface area contributed by atoms with Crippen LogP contribution in [-0.2, 0) is 28.7 Å². The van der Waals surface area contributed by atoms with Gasteiger partial charge < -0.3 is 37.0 Å². The molecule has 0 bridgehead atoms. The van der Waals surface area contributed by atoms with E-state index >= 15 is 0 Å². The minimum atomic E-state index is -5.08. The van der Waals surface area contributed by atoms with Crippen molar-refractivity contribution in [2.24, 2.45) is 53.1 Å². The van der Waals surface area contributed by atoms with E-state index in [1.165, 1.54) is 12.8 Å². The van der Waals surface area contributed by atoms with E-state index in [2.05, 4.69) is 57.5 Å². The van der Waals surface area contributed by atoms with Crippen molar-refractivity contribution in [3.63, 3.8) is 0 Å². The number of nitrogens with two attached hydrogens (primary N) is 1. The summed E-state index contributed by atoms with van der Waals surface area (Å²) in [6, 6.07) is 19.1. The maximum absolute atomic E-state index is 13.2. The van der Waals surface area contributed by atoms with Crippen LogP contribution in [0.3, 0.4) is 0 Å². The van der Waals surface area contributed by atoms with Gasteiger partial charge in [0.25, 0.3) is 0 Å². The van der Waals surface area contributed by atoms with Gasteiger partial charge in [0.1, 0.15) is 23.7 Å². The number of halogens is 5. The zero-order valence-corrected chi connectivity index (χ0v) is 47.0. The first kappa shape index (κ1) is 69.8. The molecule has 2 fully saturated rings. The van der Waals surface area contributed by atoms with Gasteiger partial charge in [-0.05, 0) is 106 Å². The Labute approximate surface area is 452 Å². The topological polar surface area (TPSA) is 224 Å². The van der Waals surface area contributed by atoms with E-state index in [0.29, 0.717) is 72.8 Å². The van der Waals surface area contributed by atoms with Crippen LogP contribution >= 0.6 is 23.2 Å². The molecule has 0 radical (unpaired) electrons. The number of ether oxygens (including phenoxy) is 1. The van der Waals surface area contributed by atoms with Gasteiger partial charge in [0.2, 0.25) is 11.8 Å². The summed E-state index contributed by atoms with van der Waals surface area (Å²) in [7, 11) is 0. The van der Waals surface area contributed by atoms with E-state index in [0.717, 1.165) is 36.8 Å². The maximum atomic E-state index is 13.2. The number of Topliss-reactive ketones (excluding diaryl/α,β-unsaturated/α-hetero) is 2. The summed E-state index contributed by atoms with van der Waals surface area (Å²) in [5.41, 5.74) is 6.81. The molecule has 4 rings (SSSR count). The van der Waals surface area contributed by atoms with Gasteiger partial charge >= 0.3 is 47.8 Å². The Bertz CT molecular complexity index is 1860. The number of carbonyl (C=O) groups excluding carboxylic acids is 5. The molecule has 3 amide bonds. The third-order valence-corrected chi connectivity index (χ3v) is 12.5. The van der Waals surface area contributed by atoms with Crippen LogP contribution in [0.25, 0.3) is 0 Å². The Morgan fingerprint density at radius 1 is 0.704 bits per heavy atom. The third kappa shape index (κ3) is 28.7. The van der Waals surface area contributed by atoms with Crippen molar-refractivity contribution in [3.05, 3.63) is 71.8 Å². The molecule has 2 aliphatic rings. The van der Waals surface area contributed by atoms with Crippen molar-refractivity contribution in [2.45, 2.75) is 150 Å². The zero-order chi connectivity index (χ0) is 52.5. The minimum Gasteiger partial charge on any atom is -0.870 e. The number of alkyl carbamates (subject to hydrolysis) is 1. The van der Waals surface area contributed by atoms with Crippen LogP contribution in [0.15, 0.2) is 60.7 Å². The summed E-state index contributed by atoms with van der Waals surface area (Å²) in [5, 5.41) is 15.8. The molecule has 7 N–H and O–H groups in total. The molecule has 0 aliphatic heterocycles. The Morgan fingerprint density at radius 3 is 1.37 bits per heavy atom. The van der Waals surface area contributed by atoms with E-state index in [9.17, 15) is 37.1 Å². The molecule has 13 nitrogen and oxygen atoms in total. The fourth-order valence-corrected chi connectivity index (χ4v) is 9.07. The second kappa shape index (κ2) is 35.8. The number of benzene rings is 2. The largest absolute Gasteiger partial charge is 1.00 e. The first-order chi connectivity index (χ1) is 32.2. The molecule has 2 aliphatic carbocycles. The number of rotatable bonds is 17. The van der Waals surface area contributed by atoms with E-state index in [4.69, 9.17) is 43.6 Å². The number of ketones is 2. The normalized spacial score (nSPS) is 20.4. The van der Waals surface area contributed by atoms with E-state index < -0.39 is 23.8 Å². The van der Waals surface area contributed by atoms with E-state index in [1.54, 1.807) is 20.8 Å². The molecule has 2 saturated carbocycles. The Balaban J connectivity index is 0. The summed E-state index contributed by atoms with van der Waals surface area (Å²) < 4.78 is 36.9. The summed E-state index contributed by atoms with van der Waals surface area (Å²) in [4.78, 5) is 71.4. The minimum absolute atomic E-state index is 0. The number of aliphatic carboxylic acids is 1. The Morgan fingerprint density at radius 2 is 1.06 bits per heavy atom. The van der Waals surface area contributed by atoms with Crippen LogP contribution in [0.4, 0.5) is 18.0 Å². The van der Waals surface area contributed by atoms with E-state index in [-0.39, 0.29) is 89.2 Å². The van der Waals surface area contributed by atoms with Crippen LogP contribution in [0, 0.1) is 47.3 Å². The van der Waals surface area contributed by atoms with Gasteiger partial charge in [0.05, 0.1) is 24.0 Å². The van der Waals surface area contributed by atoms with Gasteiger partial charge in [0.15, 0.2) is 0 Å². The van der Waals surface area contributed by atoms with E-state index in [1.807, 2.05) is 60.7 Å². The van der Waals surface area contributed by atoms with Crippen molar-refractivity contribution in [1.82, 2.24) is 16.0 Å². The maximum Gasteiger partial charge on any atom is 1.00 e. The van der Waals surface area contributed by atoms with Crippen LogP contribution in [0.1, 0.15) is 150 Å². The number of amides is 3. The first-order valence-corrected chi connectivity index (χ1v) is 25.1. The smallest absolute Gasteiger partial charge is 0.870 e. The van der Waals surface area contributed by atoms with Gasteiger partial charge in [-0.25, -0.2) is 9.59 Å². The number of alkyl halides is 5. The average molecular weight is 1060 g/mol. The third-order valence-electron chi connectivity index (χ3n) is 12.5. The standard InChI is InChI=1S/C27H42N2O4.C22H34N2O2.C2HF3O2.CH2Cl2.Na.H2O/c1-18(2)21-13-12-19(3)16-22(21)24(30)15-14-23(20-10-8-7-9-11-20)29-25(31)17-28-26(32)33-27(4,5)6;1-15(2)18-10-9-16(3)13-19(18)21(25)12-11-20(24-22(26)14-23)17-7-5-4-6-8-17;3-2(4,5)1(6)7;2-1-3;;/h7-11,18-19,21-23H,12-17H2,1-6H3,(H,28,32)(H,29,31);4-8,15-16,18-20H,9-14,23H2,1-3H3,(H,24,26);(H,6,7);1H2;;1H2/q;;;;+1;/p-1/t19-,21+,22-,23-;16-,18+,19-,20-;;;;/m11..../s1. The van der Waals surface area contributed by atoms with Gasteiger partial charge in [0, 0.05) is 24.7 Å². The molecule has 0 unspecified atom stereocenters. The number of carbonyl (C=O) groups is 6. The quantitative estimate of drug-likeness (QED) is 0.0755. The number of carboxylic acids is 1. The van der Waals surface area contributed by atoms with Crippen molar-refractivity contribution in [2.75, 3.05) is 18.4 Å². The van der Waals surface area contributed by atoms with Crippen molar-refractivity contribution < 1.29 is 86.8 Å². The monoisotopic (exact) mass is 1050 g/mol. The molecule has 0 spiro atoms. The summed E-state index contributed by atoms with van der Waals surface area (Å²) in [5.74, 6) is 0.866. The summed E-state index contributed by atoms with van der Waals surface area (Å²) in [6.45, 7) is 18.5. The summed E-state index contributed by atoms with van der Waals surface area (Å²) >= 11 is 9.53. The van der Waals surface area contributed by atoms with Crippen molar-refractivity contribution >= 4 is 58.6 Å². The second-order valence-electron chi connectivity index (χ2n) is 19.9. The van der Waals surface area contributed by atoms with Crippen molar-refractivity contribution in [3.8, 4) is 0 Å². The molecule has 19 heteroatoms. The second-order valence-corrected chi connectivity index (χ2v) is 20.7. The van der Waals surface area contributed by atoms with Crippen LogP contribution in [-0.4, -0.2) is 76.2 Å². The predicted molar refractivity (Wildman–Crippen MR) is 268 cm³/mol. The van der Waals surface area contributed by atoms with Crippen molar-refractivity contribution in [1.29, 1.82) is 0 Å². The predicted octanol–water partition coefficient (Wildman–Crippen LogP) is 8.17. The molecule has 398 valence electrons. The SMILES string of the molecule is CC(C)[C@@H]1CC[C@@H](C)C[C@H]1C(=O)CC[C@@H](NC(=O)CN)c1ccccc1.CC(C)[C@@H]1CC[C@@H](C)C[C@H]1C(=O)CC[C@@H](NC(=O)CNC(=O)OC(C)(C)C)c1ccccc1.ClCCl.O=C(O)C(F)(F)F.[Na+].[OH-]. The molecule has 0 aromatic heterocycles. The number of hydrogen-bond acceptors (Lipinski definition) is 9. The fourth-order valence-electron chi connectivity index (χ4n) is 9.07. The van der Waals surface area contributed by atoms with Gasteiger partial charge in [-0.3, -0.25) is 19.2 Å². The summed E-state index contributed by atoms with van der Waals surface area (Å²) in [6.07, 6.45) is 3.05. The Hall–Kier alpha value is -3.25. The fraction of sp³-hybridized carbons (Fsp3) is 0.654. The number of hydrogen-bond donors (Lipinski definition) is 5. The van der Waals surface area contributed by atoms with Crippen LogP contribution < -0.4 is 51.2 Å². The molecule has 71 heavy (non-hydrogen) atoms. The molecular weight excluding hydrogens is 975 g/mol. The van der Waals surface area contributed by atoms with Crippen LogP contribution in [0.2, 0.25) is 0 Å². The van der Waals surface area contributed by atoms with Gasteiger partial charge in [-0.2, -0.15) is 13.2 Å². The molecular formula is C52H80Cl2F3N4NaO9. The van der Waals surface area contributed by atoms with Crippen LogP contribution in [0.5, 0.6) is 0 Å². The molecule has 2 aromatic carbocycles. The molecule has 8 atom stereocenters. The first-order valence-electron chi connectivity index (χ1n) is 24.1. The Kier molecular flexibility index (Phi) is 35.2. The average Bonchev–Trinajstić information content (AvgIpc) is 3.28. The molecule has 0 saturated heterocycles. The number of carboxylic acid groups (broad SMARTS) is 1. The number of nitrogens with one attached hydrogen (secondary N) is 3. The molecule has 2 aromatic rings. The van der Waals surface area contributed by atoms with Gasteiger partial charge in [-0.1, -0.05) is 115 Å².